The number of carbonyl (C=O) groups is 1. The summed E-state index contributed by atoms with van der Waals surface area (Å²) < 4.78 is 38.5. The molecule has 110 valence electrons. The normalized spacial score (nSPS) is 10.9. The van der Waals surface area contributed by atoms with Gasteiger partial charge in [-0.05, 0) is 17.7 Å². The van der Waals surface area contributed by atoms with Gasteiger partial charge in [0.05, 0.1) is 0 Å². The first-order valence-electron chi connectivity index (χ1n) is 5.69. The maximum atomic E-state index is 12.9. The largest absolute Gasteiger partial charge is 0.478 e. The Balaban J connectivity index is 2.37. The van der Waals surface area contributed by atoms with Gasteiger partial charge in [-0.2, -0.15) is 0 Å². The number of nitrogens with zero attached hydrogens (tertiary/aromatic N) is 2. The monoisotopic (exact) mass is 316 g/mol. The first kappa shape index (κ1) is 15.2. The Labute approximate surface area is 122 Å². The summed E-state index contributed by atoms with van der Waals surface area (Å²) in [5.74, 6) is -2.08. The summed E-state index contributed by atoms with van der Waals surface area (Å²) in [5, 5.41) is 8.90. The third-order valence-electron chi connectivity index (χ3n) is 2.67. The molecule has 21 heavy (non-hydrogen) atoms. The topological polar surface area (TPSA) is 63.1 Å². The van der Waals surface area contributed by atoms with Crippen LogP contribution < -0.4 is 0 Å². The second kappa shape index (κ2) is 6.09. The number of alkyl halides is 2. The molecular weight excluding hydrogens is 309 g/mol. The second-order valence-corrected chi connectivity index (χ2v) is 4.51. The van der Waals surface area contributed by atoms with Crippen LogP contribution in [0.15, 0.2) is 24.4 Å². The van der Waals surface area contributed by atoms with Crippen LogP contribution in [0.25, 0.3) is 0 Å². The molecule has 0 amide bonds. The molecular formula is C13H8ClF3N2O2. The lowest BCUT2D eigenvalue weighted by atomic mass is 10.1. The summed E-state index contributed by atoms with van der Waals surface area (Å²) in [6.45, 7) is 0. The molecule has 4 nitrogen and oxygen atoms in total. The first-order chi connectivity index (χ1) is 9.88. The van der Waals surface area contributed by atoms with Crippen LogP contribution in [0.4, 0.5) is 13.2 Å². The SMILES string of the molecule is O=C(O)c1cnc(Cc2ccc(F)cc2Cl)nc1C(F)F. The van der Waals surface area contributed by atoms with Gasteiger partial charge in [-0.3, -0.25) is 0 Å². The molecule has 2 aromatic rings. The van der Waals surface area contributed by atoms with Crippen molar-refractivity contribution in [2.45, 2.75) is 12.8 Å². The number of carboxylic acid groups (broad SMARTS) is 1. The highest BCUT2D eigenvalue weighted by Crippen LogP contribution is 2.23. The fourth-order valence-corrected chi connectivity index (χ4v) is 1.92. The second-order valence-electron chi connectivity index (χ2n) is 4.10. The summed E-state index contributed by atoms with van der Waals surface area (Å²) in [5.41, 5.74) is -1.06. The standard InChI is InChI=1S/C13H8ClF3N2O2/c14-9-4-7(15)2-1-6(9)3-10-18-5-8(13(20)21)11(19-10)12(16)17/h1-2,4-5,12H,3H2,(H,20,21). The Hall–Kier alpha value is -2.15. The van der Waals surface area contributed by atoms with E-state index in [1.54, 1.807) is 0 Å². The molecule has 0 radical (unpaired) electrons. The van der Waals surface area contributed by atoms with Crippen molar-refractivity contribution in [3.63, 3.8) is 0 Å². The smallest absolute Gasteiger partial charge is 0.339 e. The molecule has 1 aromatic heterocycles. The van der Waals surface area contributed by atoms with Gasteiger partial charge in [-0.1, -0.05) is 17.7 Å². The van der Waals surface area contributed by atoms with Crippen LogP contribution in [-0.2, 0) is 6.42 Å². The number of hydrogen-bond acceptors (Lipinski definition) is 3. The fraction of sp³-hybridized carbons (Fsp3) is 0.154. The van der Waals surface area contributed by atoms with Crippen LogP contribution in [0.3, 0.4) is 0 Å². The molecule has 0 fully saturated rings. The molecule has 0 saturated carbocycles. The van der Waals surface area contributed by atoms with Crippen molar-refractivity contribution in [2.75, 3.05) is 0 Å². The molecule has 8 heteroatoms. The number of benzene rings is 1. The highest BCUT2D eigenvalue weighted by molar-refractivity contribution is 6.31. The molecule has 1 aromatic carbocycles. The lowest BCUT2D eigenvalue weighted by Crippen LogP contribution is -2.10. The quantitative estimate of drug-likeness (QED) is 0.937. The van der Waals surface area contributed by atoms with E-state index in [-0.39, 0.29) is 17.3 Å². The lowest BCUT2D eigenvalue weighted by Gasteiger charge is -2.07. The van der Waals surface area contributed by atoms with E-state index in [1.165, 1.54) is 12.1 Å². The zero-order chi connectivity index (χ0) is 15.6. The third-order valence-corrected chi connectivity index (χ3v) is 3.02. The van der Waals surface area contributed by atoms with Crippen molar-refractivity contribution in [3.8, 4) is 0 Å². The van der Waals surface area contributed by atoms with Gasteiger partial charge in [0.15, 0.2) is 0 Å². The van der Waals surface area contributed by atoms with E-state index in [0.29, 0.717) is 5.56 Å². The van der Waals surface area contributed by atoms with Crippen LogP contribution in [0.5, 0.6) is 0 Å². The van der Waals surface area contributed by atoms with Crippen LogP contribution in [-0.4, -0.2) is 21.0 Å². The first-order valence-corrected chi connectivity index (χ1v) is 6.07. The Morgan fingerprint density at radius 1 is 1.38 bits per heavy atom. The number of halogens is 4. The number of rotatable bonds is 4. The Bertz CT molecular complexity index is 695. The van der Waals surface area contributed by atoms with Crippen molar-refractivity contribution in [1.29, 1.82) is 0 Å². The average molecular weight is 317 g/mol. The summed E-state index contributed by atoms with van der Waals surface area (Å²) in [6, 6.07) is 3.63. The molecule has 0 aliphatic rings. The minimum Gasteiger partial charge on any atom is -0.478 e. The van der Waals surface area contributed by atoms with Gasteiger partial charge in [-0.15, -0.1) is 0 Å². The third kappa shape index (κ3) is 3.49. The minimum absolute atomic E-state index is 0.0151. The summed E-state index contributed by atoms with van der Waals surface area (Å²) >= 11 is 5.83. The number of hydrogen-bond donors (Lipinski definition) is 1. The van der Waals surface area contributed by atoms with Crippen molar-refractivity contribution in [3.05, 3.63) is 57.9 Å². The van der Waals surface area contributed by atoms with E-state index in [4.69, 9.17) is 16.7 Å². The van der Waals surface area contributed by atoms with E-state index >= 15 is 0 Å². The maximum Gasteiger partial charge on any atom is 0.339 e. The van der Waals surface area contributed by atoms with E-state index in [2.05, 4.69) is 9.97 Å². The van der Waals surface area contributed by atoms with Gasteiger partial charge in [-0.25, -0.2) is 27.9 Å². The molecule has 0 saturated heterocycles. The molecule has 0 unspecified atom stereocenters. The molecule has 1 heterocycles. The van der Waals surface area contributed by atoms with Crippen molar-refractivity contribution >= 4 is 17.6 Å². The van der Waals surface area contributed by atoms with Crippen LogP contribution in [0.1, 0.15) is 33.9 Å². The Morgan fingerprint density at radius 3 is 2.67 bits per heavy atom. The van der Waals surface area contributed by atoms with Crippen molar-refractivity contribution < 1.29 is 23.1 Å². The van der Waals surface area contributed by atoms with Gasteiger partial charge in [0, 0.05) is 17.6 Å². The lowest BCUT2D eigenvalue weighted by molar-refractivity contribution is 0.0681. The zero-order valence-corrected chi connectivity index (χ0v) is 11.1. The van der Waals surface area contributed by atoms with Gasteiger partial charge >= 0.3 is 5.97 Å². The Morgan fingerprint density at radius 2 is 2.10 bits per heavy atom. The Kier molecular flexibility index (Phi) is 4.42. The van der Waals surface area contributed by atoms with Crippen LogP contribution in [0.2, 0.25) is 5.02 Å². The highest BCUT2D eigenvalue weighted by Gasteiger charge is 2.21. The molecule has 0 aliphatic carbocycles. The average Bonchev–Trinajstić information content (AvgIpc) is 2.41. The molecule has 0 spiro atoms. The molecule has 2 rings (SSSR count). The number of aromatic nitrogens is 2. The summed E-state index contributed by atoms with van der Waals surface area (Å²) in [7, 11) is 0. The number of carboxylic acids is 1. The summed E-state index contributed by atoms with van der Waals surface area (Å²) in [6.07, 6.45) is -2.23. The zero-order valence-electron chi connectivity index (χ0n) is 10.4. The van der Waals surface area contributed by atoms with E-state index in [1.807, 2.05) is 0 Å². The van der Waals surface area contributed by atoms with Gasteiger partial charge in [0.1, 0.15) is 22.9 Å². The predicted molar refractivity (Wildman–Crippen MR) is 68.2 cm³/mol. The fourth-order valence-electron chi connectivity index (χ4n) is 1.69. The molecule has 0 bridgehead atoms. The van der Waals surface area contributed by atoms with E-state index in [0.717, 1.165) is 12.3 Å². The highest BCUT2D eigenvalue weighted by atomic mass is 35.5. The van der Waals surface area contributed by atoms with Gasteiger partial charge in [0.25, 0.3) is 6.43 Å². The minimum atomic E-state index is -3.04. The summed E-state index contributed by atoms with van der Waals surface area (Å²) in [4.78, 5) is 18.1. The van der Waals surface area contributed by atoms with Crippen molar-refractivity contribution in [2.24, 2.45) is 0 Å². The van der Waals surface area contributed by atoms with Crippen LogP contribution >= 0.6 is 11.6 Å². The molecule has 1 N–H and O–H groups in total. The number of aromatic carboxylic acids is 1. The van der Waals surface area contributed by atoms with E-state index < -0.39 is 29.5 Å². The molecule has 0 aliphatic heterocycles. The predicted octanol–water partition coefficient (Wildman–Crippen LogP) is 3.50. The van der Waals surface area contributed by atoms with Gasteiger partial charge < -0.3 is 5.11 Å². The molecule has 0 atom stereocenters. The van der Waals surface area contributed by atoms with Crippen LogP contribution in [0, 0.1) is 5.82 Å². The van der Waals surface area contributed by atoms with Crippen molar-refractivity contribution in [1.82, 2.24) is 9.97 Å². The maximum absolute atomic E-state index is 12.9. The van der Waals surface area contributed by atoms with E-state index in [9.17, 15) is 18.0 Å². The van der Waals surface area contributed by atoms with Gasteiger partial charge in [0.2, 0.25) is 0 Å².